The highest BCUT2D eigenvalue weighted by molar-refractivity contribution is 6.15. The summed E-state index contributed by atoms with van der Waals surface area (Å²) in [6.07, 6.45) is 3.71. The van der Waals surface area contributed by atoms with Gasteiger partial charge in [0.2, 0.25) is 5.78 Å². The molecule has 0 spiro atoms. The molecule has 0 bridgehead atoms. The van der Waals surface area contributed by atoms with Gasteiger partial charge in [0.1, 0.15) is 11.5 Å². The molecule has 176 valence electrons. The number of aryl methyl sites for hydroxylation is 1. The van der Waals surface area contributed by atoms with Crippen molar-refractivity contribution < 1.29 is 28.5 Å². The Morgan fingerprint density at radius 1 is 0.971 bits per heavy atom. The van der Waals surface area contributed by atoms with Crippen LogP contribution in [0.15, 0.2) is 66.6 Å². The van der Waals surface area contributed by atoms with Gasteiger partial charge < -0.3 is 23.5 Å². The molecule has 0 saturated carbocycles. The van der Waals surface area contributed by atoms with Crippen LogP contribution in [0.25, 0.3) is 17.0 Å². The number of ether oxygens (including phenoxy) is 4. The Balaban J connectivity index is 1.43. The number of hydrogen-bond acceptors (Lipinski definition) is 6. The van der Waals surface area contributed by atoms with Gasteiger partial charge in [-0.05, 0) is 49.4 Å². The highest BCUT2D eigenvalue weighted by atomic mass is 16.5. The Hall–Kier alpha value is -4.52. The van der Waals surface area contributed by atoms with E-state index in [-0.39, 0.29) is 11.5 Å². The largest absolute Gasteiger partial charge is 0.493 e. The summed E-state index contributed by atoms with van der Waals surface area (Å²) in [7, 11) is 4.98. The number of hydrogen-bond donors (Lipinski definition) is 0. The van der Waals surface area contributed by atoms with E-state index in [4.69, 9.17) is 18.9 Å². The van der Waals surface area contributed by atoms with Crippen molar-refractivity contribution in [2.45, 2.75) is 6.92 Å². The number of ketones is 1. The fraction of sp³-hybridized carbons (Fsp3) is 0.143. The lowest BCUT2D eigenvalue weighted by molar-refractivity contribution is 0.0732. The number of esters is 1. The summed E-state index contributed by atoms with van der Waals surface area (Å²) in [4.78, 5) is 25.8. The summed E-state index contributed by atoms with van der Waals surface area (Å²) in [6, 6.07) is 16.0. The SMILES string of the molecule is COc1ccc(C(=O)Oc2ccc3c(c2C)O/C(=C/c2cn(C)c4ccccc24)C3=O)cc1OC. The van der Waals surface area contributed by atoms with Gasteiger partial charge >= 0.3 is 5.97 Å². The van der Waals surface area contributed by atoms with Crippen LogP contribution in [0.2, 0.25) is 0 Å². The first-order chi connectivity index (χ1) is 16.9. The first kappa shape index (κ1) is 22.3. The monoisotopic (exact) mass is 469 g/mol. The number of para-hydroxylation sites is 1. The number of allylic oxidation sites excluding steroid dienone is 1. The summed E-state index contributed by atoms with van der Waals surface area (Å²) >= 11 is 0. The lowest BCUT2D eigenvalue weighted by atomic mass is 10.1. The third-order valence-corrected chi connectivity index (χ3v) is 6.07. The van der Waals surface area contributed by atoms with Crippen LogP contribution in [-0.4, -0.2) is 30.5 Å². The van der Waals surface area contributed by atoms with Crippen LogP contribution < -0.4 is 18.9 Å². The van der Waals surface area contributed by atoms with Crippen molar-refractivity contribution in [3.63, 3.8) is 0 Å². The molecule has 4 aromatic rings. The van der Waals surface area contributed by atoms with Crippen LogP contribution >= 0.6 is 0 Å². The average Bonchev–Trinajstić information content (AvgIpc) is 3.37. The molecule has 35 heavy (non-hydrogen) atoms. The molecule has 2 heterocycles. The summed E-state index contributed by atoms with van der Waals surface area (Å²) < 4.78 is 24.1. The van der Waals surface area contributed by atoms with Crippen LogP contribution in [0.3, 0.4) is 0 Å². The molecule has 0 radical (unpaired) electrons. The topological polar surface area (TPSA) is 76.0 Å². The van der Waals surface area contributed by atoms with Crippen molar-refractivity contribution in [3.8, 4) is 23.0 Å². The van der Waals surface area contributed by atoms with Gasteiger partial charge in [0.25, 0.3) is 0 Å². The lowest BCUT2D eigenvalue weighted by Gasteiger charge is -2.12. The minimum absolute atomic E-state index is 0.214. The zero-order chi connectivity index (χ0) is 24.7. The van der Waals surface area contributed by atoms with Crippen molar-refractivity contribution in [1.29, 1.82) is 0 Å². The Kier molecular flexibility index (Phi) is 5.53. The quantitative estimate of drug-likeness (QED) is 0.223. The van der Waals surface area contributed by atoms with Crippen LogP contribution in [-0.2, 0) is 7.05 Å². The number of fused-ring (bicyclic) bond motifs is 2. The van der Waals surface area contributed by atoms with E-state index in [0.717, 1.165) is 16.5 Å². The predicted molar refractivity (Wildman–Crippen MR) is 132 cm³/mol. The van der Waals surface area contributed by atoms with Crippen LogP contribution in [0.4, 0.5) is 0 Å². The van der Waals surface area contributed by atoms with Gasteiger partial charge in [-0.3, -0.25) is 4.79 Å². The second-order valence-electron chi connectivity index (χ2n) is 8.18. The molecule has 1 aliphatic heterocycles. The zero-order valence-electron chi connectivity index (χ0n) is 19.7. The van der Waals surface area contributed by atoms with Crippen molar-refractivity contribution in [2.75, 3.05) is 14.2 Å². The fourth-order valence-corrected chi connectivity index (χ4v) is 4.23. The molecule has 3 aromatic carbocycles. The Morgan fingerprint density at radius 3 is 2.49 bits per heavy atom. The van der Waals surface area contributed by atoms with Crippen LogP contribution in [0.1, 0.15) is 31.8 Å². The molecule has 0 aliphatic carbocycles. The molecular formula is C28H23NO6. The molecule has 7 nitrogen and oxygen atoms in total. The predicted octanol–water partition coefficient (Wildman–Crippen LogP) is 5.34. The van der Waals surface area contributed by atoms with Crippen molar-refractivity contribution in [1.82, 2.24) is 4.57 Å². The number of rotatable bonds is 5. The molecule has 0 amide bonds. The van der Waals surface area contributed by atoms with E-state index in [9.17, 15) is 9.59 Å². The third kappa shape index (κ3) is 3.81. The van der Waals surface area contributed by atoms with Crippen molar-refractivity contribution in [2.24, 2.45) is 7.05 Å². The highest BCUT2D eigenvalue weighted by Crippen LogP contribution is 2.40. The van der Waals surface area contributed by atoms with E-state index in [1.165, 1.54) is 14.2 Å². The molecule has 1 aliphatic rings. The number of carbonyl (C=O) groups excluding carboxylic acids is 2. The molecule has 5 rings (SSSR count). The van der Waals surface area contributed by atoms with Gasteiger partial charge in [0, 0.05) is 35.3 Å². The Labute approximate surface area is 202 Å². The summed E-state index contributed by atoms with van der Waals surface area (Å²) in [6.45, 7) is 1.75. The summed E-state index contributed by atoms with van der Waals surface area (Å²) in [5.41, 5.74) is 3.24. The minimum atomic E-state index is -0.565. The van der Waals surface area contributed by atoms with Crippen LogP contribution in [0.5, 0.6) is 23.0 Å². The first-order valence-electron chi connectivity index (χ1n) is 11.0. The second-order valence-corrected chi connectivity index (χ2v) is 8.18. The normalized spacial score (nSPS) is 13.6. The van der Waals surface area contributed by atoms with Gasteiger partial charge in [-0.1, -0.05) is 18.2 Å². The van der Waals surface area contributed by atoms with E-state index < -0.39 is 5.97 Å². The smallest absolute Gasteiger partial charge is 0.343 e. The molecule has 7 heteroatoms. The van der Waals surface area contributed by atoms with E-state index in [1.807, 2.05) is 42.1 Å². The Bertz CT molecular complexity index is 1530. The third-order valence-electron chi connectivity index (χ3n) is 6.07. The fourth-order valence-electron chi connectivity index (χ4n) is 4.23. The van der Waals surface area contributed by atoms with E-state index in [2.05, 4.69) is 0 Å². The number of nitrogens with zero attached hydrogens (tertiary/aromatic N) is 1. The van der Waals surface area contributed by atoms with Crippen molar-refractivity contribution >= 4 is 28.7 Å². The van der Waals surface area contributed by atoms with Crippen molar-refractivity contribution in [3.05, 3.63) is 88.8 Å². The standard InChI is InChI=1S/C28H23NO6/c1-16-22(35-28(31)17-9-11-23(32-3)24(13-17)33-4)12-10-20-26(30)25(34-27(16)20)14-18-15-29(2)21-8-6-5-7-19(18)21/h5-15H,1-4H3/b25-14+. The molecule has 0 N–H and O–H groups in total. The average molecular weight is 469 g/mol. The zero-order valence-corrected chi connectivity index (χ0v) is 19.7. The second kappa shape index (κ2) is 8.68. The molecular weight excluding hydrogens is 446 g/mol. The van der Waals surface area contributed by atoms with E-state index in [1.54, 1.807) is 43.3 Å². The lowest BCUT2D eigenvalue weighted by Crippen LogP contribution is -2.10. The number of methoxy groups -OCH3 is 2. The number of Topliss-reactive ketones (excluding diaryl/α,β-unsaturated/α-hetero) is 1. The number of benzene rings is 3. The highest BCUT2D eigenvalue weighted by Gasteiger charge is 2.31. The minimum Gasteiger partial charge on any atom is -0.493 e. The maximum atomic E-state index is 13.0. The van der Waals surface area contributed by atoms with Gasteiger partial charge in [-0.15, -0.1) is 0 Å². The first-order valence-corrected chi connectivity index (χ1v) is 11.0. The van der Waals surface area contributed by atoms with E-state index >= 15 is 0 Å². The van der Waals surface area contributed by atoms with E-state index in [0.29, 0.717) is 39.7 Å². The molecule has 0 saturated heterocycles. The number of aromatic nitrogens is 1. The molecule has 0 atom stereocenters. The maximum Gasteiger partial charge on any atom is 0.343 e. The van der Waals surface area contributed by atoms with Gasteiger partial charge in [-0.25, -0.2) is 4.79 Å². The Morgan fingerprint density at radius 2 is 1.71 bits per heavy atom. The summed E-state index contributed by atoms with van der Waals surface area (Å²) in [5, 5.41) is 1.02. The molecule has 0 unspecified atom stereocenters. The van der Waals surface area contributed by atoms with Gasteiger partial charge in [-0.2, -0.15) is 0 Å². The van der Waals surface area contributed by atoms with Crippen LogP contribution in [0, 0.1) is 6.92 Å². The summed E-state index contributed by atoms with van der Waals surface area (Å²) in [5.74, 6) is 1.07. The maximum absolute atomic E-state index is 13.0. The number of carbonyl (C=O) groups is 2. The van der Waals surface area contributed by atoms with Gasteiger partial charge in [0.05, 0.1) is 25.3 Å². The van der Waals surface area contributed by atoms with Gasteiger partial charge in [0.15, 0.2) is 17.3 Å². The molecule has 0 fully saturated rings. The molecule has 1 aromatic heterocycles.